The van der Waals surface area contributed by atoms with Crippen LogP contribution < -0.4 is 5.73 Å². The van der Waals surface area contributed by atoms with E-state index < -0.39 is 0 Å². The summed E-state index contributed by atoms with van der Waals surface area (Å²) in [5.74, 6) is -0.810. The van der Waals surface area contributed by atoms with Crippen molar-refractivity contribution in [3.63, 3.8) is 0 Å². The predicted molar refractivity (Wildman–Crippen MR) is 73.7 cm³/mol. The van der Waals surface area contributed by atoms with Crippen LogP contribution in [0.1, 0.15) is 22.8 Å². The van der Waals surface area contributed by atoms with Gasteiger partial charge in [-0.15, -0.1) is 0 Å². The summed E-state index contributed by atoms with van der Waals surface area (Å²) in [6.07, 6.45) is 0. The van der Waals surface area contributed by atoms with E-state index in [0.29, 0.717) is 17.8 Å². The number of methoxy groups -OCH3 is 1. The van der Waals surface area contributed by atoms with Crippen molar-refractivity contribution in [2.75, 3.05) is 26.4 Å². The monoisotopic (exact) mass is 264 g/mol. The third-order valence-corrected chi connectivity index (χ3v) is 2.98. The summed E-state index contributed by atoms with van der Waals surface area (Å²) in [6, 6.07) is 5.15. The Labute approximate surface area is 113 Å². The number of carbonyl (C=O) groups is 2. The number of carbonyl (C=O) groups excluding carboxylic acids is 2. The molecule has 5 nitrogen and oxygen atoms in total. The van der Waals surface area contributed by atoms with Crippen LogP contribution in [0.25, 0.3) is 0 Å². The van der Waals surface area contributed by atoms with Crippen molar-refractivity contribution in [2.24, 2.45) is 5.92 Å². The van der Waals surface area contributed by atoms with Gasteiger partial charge in [0.25, 0.3) is 5.91 Å². The lowest BCUT2D eigenvalue weighted by Crippen LogP contribution is -2.34. The van der Waals surface area contributed by atoms with Crippen LogP contribution >= 0.6 is 0 Å². The zero-order valence-electron chi connectivity index (χ0n) is 11.8. The topological polar surface area (TPSA) is 72.6 Å². The zero-order chi connectivity index (χ0) is 14.6. The average molecular weight is 264 g/mol. The Bertz CT molecular complexity index is 486. The third kappa shape index (κ3) is 3.71. The molecule has 0 bridgehead atoms. The Morgan fingerprint density at radius 3 is 2.58 bits per heavy atom. The molecule has 0 heterocycles. The molecule has 0 saturated heterocycles. The highest BCUT2D eigenvalue weighted by atomic mass is 16.5. The fourth-order valence-electron chi connectivity index (χ4n) is 1.90. The summed E-state index contributed by atoms with van der Waals surface area (Å²) in [5.41, 5.74) is 7.69. The first-order chi connectivity index (χ1) is 8.86. The van der Waals surface area contributed by atoms with E-state index in [2.05, 4.69) is 4.74 Å². The second-order valence-corrected chi connectivity index (χ2v) is 4.68. The van der Waals surface area contributed by atoms with E-state index in [-0.39, 0.29) is 17.8 Å². The van der Waals surface area contributed by atoms with E-state index in [1.165, 1.54) is 12.0 Å². The number of hydrogen-bond acceptors (Lipinski definition) is 4. The summed E-state index contributed by atoms with van der Waals surface area (Å²) < 4.78 is 4.64. The number of amides is 1. The highest BCUT2D eigenvalue weighted by Gasteiger charge is 2.20. The molecule has 1 amide bonds. The van der Waals surface area contributed by atoms with Gasteiger partial charge in [-0.05, 0) is 30.7 Å². The van der Waals surface area contributed by atoms with E-state index in [1.807, 2.05) is 6.92 Å². The number of nitrogens with two attached hydrogens (primary N) is 1. The van der Waals surface area contributed by atoms with Crippen LogP contribution in [0.5, 0.6) is 0 Å². The minimum Gasteiger partial charge on any atom is -0.469 e. The van der Waals surface area contributed by atoms with Gasteiger partial charge in [0, 0.05) is 24.8 Å². The lowest BCUT2D eigenvalue weighted by molar-refractivity contribution is -0.145. The first kappa shape index (κ1) is 15.0. The molecule has 0 fully saturated rings. The minimum absolute atomic E-state index is 0.131. The molecule has 104 valence electrons. The number of esters is 1. The average Bonchev–Trinajstić information content (AvgIpc) is 2.36. The van der Waals surface area contributed by atoms with Crippen LogP contribution in [-0.2, 0) is 9.53 Å². The predicted octanol–water partition coefficient (Wildman–Crippen LogP) is 1.46. The Morgan fingerprint density at radius 2 is 2.05 bits per heavy atom. The van der Waals surface area contributed by atoms with E-state index >= 15 is 0 Å². The molecule has 0 radical (unpaired) electrons. The molecule has 0 aliphatic rings. The molecule has 1 aromatic rings. The van der Waals surface area contributed by atoms with Crippen LogP contribution in [0, 0.1) is 12.8 Å². The Balaban J connectivity index is 2.79. The number of ether oxygens (including phenoxy) is 1. The standard InChI is InChI=1S/C14H20N2O3/c1-9-7-11(15)5-6-12(9)13(17)16(3)8-10(2)14(18)19-4/h5-7,10H,8,15H2,1-4H3. The molecule has 0 aliphatic heterocycles. The molecule has 2 N–H and O–H groups in total. The molecule has 19 heavy (non-hydrogen) atoms. The van der Waals surface area contributed by atoms with E-state index in [1.54, 1.807) is 32.2 Å². The fraction of sp³-hybridized carbons (Fsp3) is 0.429. The van der Waals surface area contributed by atoms with Gasteiger partial charge in [0.2, 0.25) is 0 Å². The van der Waals surface area contributed by atoms with Gasteiger partial charge in [0.15, 0.2) is 0 Å². The molecule has 1 unspecified atom stereocenters. The maximum atomic E-state index is 12.3. The van der Waals surface area contributed by atoms with Crippen LogP contribution in [0.4, 0.5) is 5.69 Å². The van der Waals surface area contributed by atoms with Gasteiger partial charge in [-0.25, -0.2) is 0 Å². The van der Waals surface area contributed by atoms with E-state index in [0.717, 1.165) is 5.56 Å². The molecular weight excluding hydrogens is 244 g/mol. The molecule has 1 aromatic carbocycles. The van der Waals surface area contributed by atoms with Gasteiger partial charge in [0.1, 0.15) is 0 Å². The summed E-state index contributed by atoms with van der Waals surface area (Å²) in [4.78, 5) is 25.1. The lowest BCUT2D eigenvalue weighted by atomic mass is 10.1. The normalized spacial score (nSPS) is 11.8. The van der Waals surface area contributed by atoms with Gasteiger partial charge in [-0.1, -0.05) is 6.92 Å². The zero-order valence-corrected chi connectivity index (χ0v) is 11.8. The first-order valence-electron chi connectivity index (χ1n) is 6.06. The van der Waals surface area contributed by atoms with Crippen molar-refractivity contribution in [3.05, 3.63) is 29.3 Å². The molecule has 0 aromatic heterocycles. The SMILES string of the molecule is COC(=O)C(C)CN(C)C(=O)c1ccc(N)cc1C. The van der Waals surface area contributed by atoms with Crippen LogP contribution in [0.15, 0.2) is 18.2 Å². The van der Waals surface area contributed by atoms with Crippen LogP contribution in [0.2, 0.25) is 0 Å². The largest absolute Gasteiger partial charge is 0.469 e. The van der Waals surface area contributed by atoms with Gasteiger partial charge in [-0.3, -0.25) is 9.59 Å². The van der Waals surface area contributed by atoms with Gasteiger partial charge >= 0.3 is 5.97 Å². The number of aryl methyl sites for hydroxylation is 1. The second kappa shape index (κ2) is 6.22. The van der Waals surface area contributed by atoms with Crippen molar-refractivity contribution in [1.29, 1.82) is 0 Å². The molecule has 0 aliphatic carbocycles. The first-order valence-corrected chi connectivity index (χ1v) is 6.06. The van der Waals surface area contributed by atoms with Crippen LogP contribution in [-0.4, -0.2) is 37.5 Å². The van der Waals surface area contributed by atoms with Crippen LogP contribution in [0.3, 0.4) is 0 Å². The third-order valence-electron chi connectivity index (χ3n) is 2.98. The number of rotatable bonds is 4. The Kier molecular flexibility index (Phi) is 4.92. The van der Waals surface area contributed by atoms with Gasteiger partial charge in [0.05, 0.1) is 13.0 Å². The molecule has 5 heteroatoms. The summed E-state index contributed by atoms with van der Waals surface area (Å²) in [6.45, 7) is 3.88. The van der Waals surface area contributed by atoms with Gasteiger partial charge < -0.3 is 15.4 Å². The molecule has 0 spiro atoms. The van der Waals surface area contributed by atoms with Crippen molar-refractivity contribution < 1.29 is 14.3 Å². The minimum atomic E-state index is -0.354. The highest BCUT2D eigenvalue weighted by molar-refractivity contribution is 5.96. The quantitative estimate of drug-likeness (QED) is 0.660. The van der Waals surface area contributed by atoms with Gasteiger partial charge in [-0.2, -0.15) is 0 Å². The molecule has 0 saturated carbocycles. The fourth-order valence-corrected chi connectivity index (χ4v) is 1.90. The molecular formula is C14H20N2O3. The van der Waals surface area contributed by atoms with Crippen molar-refractivity contribution >= 4 is 17.6 Å². The van der Waals surface area contributed by atoms with Crippen molar-refractivity contribution in [2.45, 2.75) is 13.8 Å². The highest BCUT2D eigenvalue weighted by Crippen LogP contribution is 2.15. The number of nitrogen functional groups attached to an aromatic ring is 1. The number of anilines is 1. The molecule has 1 atom stereocenters. The van der Waals surface area contributed by atoms with Crippen molar-refractivity contribution in [1.82, 2.24) is 4.90 Å². The molecule has 1 rings (SSSR count). The van der Waals surface area contributed by atoms with E-state index in [9.17, 15) is 9.59 Å². The number of benzene rings is 1. The number of hydrogen-bond donors (Lipinski definition) is 1. The maximum absolute atomic E-state index is 12.3. The second-order valence-electron chi connectivity index (χ2n) is 4.68. The summed E-state index contributed by atoms with van der Waals surface area (Å²) >= 11 is 0. The smallest absolute Gasteiger partial charge is 0.310 e. The number of nitrogens with zero attached hydrogens (tertiary/aromatic N) is 1. The van der Waals surface area contributed by atoms with Crippen molar-refractivity contribution in [3.8, 4) is 0 Å². The Morgan fingerprint density at radius 1 is 1.42 bits per heavy atom. The van der Waals surface area contributed by atoms with E-state index in [4.69, 9.17) is 5.73 Å². The maximum Gasteiger partial charge on any atom is 0.310 e. The Hall–Kier alpha value is -2.04. The summed E-state index contributed by atoms with van der Waals surface area (Å²) in [7, 11) is 3.00. The lowest BCUT2D eigenvalue weighted by Gasteiger charge is -2.21. The summed E-state index contributed by atoms with van der Waals surface area (Å²) in [5, 5.41) is 0.